The van der Waals surface area contributed by atoms with Crippen LogP contribution in [0.5, 0.6) is 5.75 Å². The molecule has 1 saturated carbocycles. The summed E-state index contributed by atoms with van der Waals surface area (Å²) in [5.74, 6) is 6.38. The van der Waals surface area contributed by atoms with E-state index in [9.17, 15) is 4.79 Å². The Morgan fingerprint density at radius 1 is 1.53 bits per heavy atom. The van der Waals surface area contributed by atoms with Gasteiger partial charge in [0.2, 0.25) is 0 Å². The molecule has 1 aliphatic carbocycles. The Balaban J connectivity index is 1.76. The van der Waals surface area contributed by atoms with Gasteiger partial charge in [-0.15, -0.1) is 0 Å². The van der Waals surface area contributed by atoms with Crippen molar-refractivity contribution in [2.45, 2.75) is 12.8 Å². The second-order valence-electron chi connectivity index (χ2n) is 5.06. The van der Waals surface area contributed by atoms with Crippen molar-refractivity contribution in [3.8, 4) is 5.75 Å². The summed E-state index contributed by atoms with van der Waals surface area (Å²) in [6.07, 6.45) is 2.73. The SMILES string of the molecule is CN(CCOc1cccc(C(=O)NN)c1)CC1CC1. The molecule has 1 amide bonds. The molecule has 3 N–H and O–H groups in total. The lowest BCUT2D eigenvalue weighted by molar-refractivity contribution is 0.0953. The van der Waals surface area contributed by atoms with Crippen LogP contribution in [0.2, 0.25) is 0 Å². The van der Waals surface area contributed by atoms with Crippen LogP contribution in [0.1, 0.15) is 23.2 Å². The van der Waals surface area contributed by atoms with Gasteiger partial charge in [-0.25, -0.2) is 5.84 Å². The Kier molecular flexibility index (Phi) is 4.76. The van der Waals surface area contributed by atoms with Gasteiger partial charge in [0.1, 0.15) is 12.4 Å². The largest absolute Gasteiger partial charge is 0.492 e. The molecule has 1 aromatic carbocycles. The van der Waals surface area contributed by atoms with Gasteiger partial charge < -0.3 is 9.64 Å². The second-order valence-corrected chi connectivity index (χ2v) is 5.06. The number of benzene rings is 1. The van der Waals surface area contributed by atoms with E-state index in [0.717, 1.165) is 19.0 Å². The molecule has 0 bridgehead atoms. The first kappa shape index (κ1) is 13.8. The molecule has 2 rings (SSSR count). The fraction of sp³-hybridized carbons (Fsp3) is 0.500. The number of ether oxygens (including phenoxy) is 1. The van der Waals surface area contributed by atoms with E-state index in [0.29, 0.717) is 17.9 Å². The van der Waals surface area contributed by atoms with Crippen LogP contribution in [0.4, 0.5) is 0 Å². The van der Waals surface area contributed by atoms with Crippen LogP contribution in [0.3, 0.4) is 0 Å². The van der Waals surface area contributed by atoms with Gasteiger partial charge in [-0.05, 0) is 44.0 Å². The minimum atomic E-state index is -0.309. The third-order valence-electron chi connectivity index (χ3n) is 3.24. The number of hydrazine groups is 1. The van der Waals surface area contributed by atoms with Gasteiger partial charge in [-0.1, -0.05) is 6.07 Å². The molecule has 0 aromatic heterocycles. The molecule has 19 heavy (non-hydrogen) atoms. The standard InChI is InChI=1S/C14H21N3O2/c1-17(10-11-5-6-11)7-8-19-13-4-2-3-12(9-13)14(18)16-15/h2-4,9,11H,5-8,10,15H2,1H3,(H,16,18). The maximum absolute atomic E-state index is 11.4. The molecule has 1 aromatic rings. The molecule has 0 saturated heterocycles. The zero-order valence-corrected chi connectivity index (χ0v) is 11.3. The lowest BCUT2D eigenvalue weighted by Crippen LogP contribution is -2.30. The van der Waals surface area contributed by atoms with E-state index in [2.05, 4.69) is 17.4 Å². The number of amides is 1. The predicted octanol–water partition coefficient (Wildman–Crippen LogP) is 1.01. The topological polar surface area (TPSA) is 67.6 Å². The highest BCUT2D eigenvalue weighted by Gasteiger charge is 2.22. The molecular weight excluding hydrogens is 242 g/mol. The first-order chi connectivity index (χ1) is 9.19. The van der Waals surface area contributed by atoms with Crippen molar-refractivity contribution in [3.63, 3.8) is 0 Å². The van der Waals surface area contributed by atoms with E-state index in [1.807, 2.05) is 6.07 Å². The van der Waals surface area contributed by atoms with E-state index in [4.69, 9.17) is 10.6 Å². The Bertz CT molecular complexity index is 432. The maximum Gasteiger partial charge on any atom is 0.265 e. The molecule has 0 heterocycles. The number of nitrogens with two attached hydrogens (primary N) is 1. The molecule has 104 valence electrons. The number of hydrogen-bond donors (Lipinski definition) is 2. The number of rotatable bonds is 7. The summed E-state index contributed by atoms with van der Waals surface area (Å²) < 4.78 is 5.65. The van der Waals surface area contributed by atoms with Crippen LogP contribution in [-0.2, 0) is 0 Å². The highest BCUT2D eigenvalue weighted by atomic mass is 16.5. The summed E-state index contributed by atoms with van der Waals surface area (Å²) >= 11 is 0. The highest BCUT2D eigenvalue weighted by molar-refractivity contribution is 5.94. The third kappa shape index (κ3) is 4.54. The van der Waals surface area contributed by atoms with Gasteiger partial charge >= 0.3 is 0 Å². The smallest absolute Gasteiger partial charge is 0.265 e. The number of nitrogen functional groups attached to an aromatic ring is 1. The van der Waals surface area contributed by atoms with Crippen molar-refractivity contribution in [2.75, 3.05) is 26.7 Å². The van der Waals surface area contributed by atoms with E-state index in [-0.39, 0.29) is 5.91 Å². The van der Waals surface area contributed by atoms with E-state index in [1.54, 1.807) is 18.2 Å². The number of likely N-dealkylation sites (N-methyl/N-ethyl adjacent to an activating group) is 1. The van der Waals surface area contributed by atoms with Crippen LogP contribution >= 0.6 is 0 Å². The molecule has 0 atom stereocenters. The van der Waals surface area contributed by atoms with Crippen molar-refractivity contribution in [3.05, 3.63) is 29.8 Å². The summed E-state index contributed by atoms with van der Waals surface area (Å²) in [7, 11) is 2.11. The van der Waals surface area contributed by atoms with Crippen molar-refractivity contribution < 1.29 is 9.53 Å². The molecular formula is C14H21N3O2. The fourth-order valence-electron chi connectivity index (χ4n) is 1.96. The molecule has 1 fully saturated rings. The number of hydrogen-bond acceptors (Lipinski definition) is 4. The summed E-state index contributed by atoms with van der Waals surface area (Å²) in [5, 5.41) is 0. The molecule has 5 nitrogen and oxygen atoms in total. The Hall–Kier alpha value is -1.59. The fourth-order valence-corrected chi connectivity index (χ4v) is 1.96. The Morgan fingerprint density at radius 2 is 2.32 bits per heavy atom. The zero-order chi connectivity index (χ0) is 13.7. The highest BCUT2D eigenvalue weighted by Crippen LogP contribution is 2.29. The molecule has 0 aliphatic heterocycles. The van der Waals surface area contributed by atoms with Crippen LogP contribution in [0, 0.1) is 5.92 Å². The Labute approximate surface area is 113 Å². The minimum Gasteiger partial charge on any atom is -0.492 e. The minimum absolute atomic E-state index is 0.309. The van der Waals surface area contributed by atoms with Gasteiger partial charge in [-0.3, -0.25) is 10.2 Å². The van der Waals surface area contributed by atoms with Crippen LogP contribution in [0.15, 0.2) is 24.3 Å². The average Bonchev–Trinajstić information content (AvgIpc) is 3.22. The second kappa shape index (κ2) is 6.54. The molecule has 0 spiro atoms. The van der Waals surface area contributed by atoms with Crippen molar-refractivity contribution in [1.82, 2.24) is 10.3 Å². The van der Waals surface area contributed by atoms with Gasteiger partial charge in [0.25, 0.3) is 5.91 Å². The predicted molar refractivity (Wildman–Crippen MR) is 73.8 cm³/mol. The van der Waals surface area contributed by atoms with Crippen LogP contribution < -0.4 is 16.0 Å². The normalized spacial score (nSPS) is 14.5. The van der Waals surface area contributed by atoms with Gasteiger partial charge in [0.15, 0.2) is 0 Å². The van der Waals surface area contributed by atoms with Gasteiger partial charge in [0, 0.05) is 18.7 Å². The van der Waals surface area contributed by atoms with E-state index in [1.165, 1.54) is 12.8 Å². The van der Waals surface area contributed by atoms with Crippen molar-refractivity contribution in [2.24, 2.45) is 11.8 Å². The van der Waals surface area contributed by atoms with Gasteiger partial charge in [0.05, 0.1) is 0 Å². The summed E-state index contributed by atoms with van der Waals surface area (Å²) in [6.45, 7) is 2.67. The summed E-state index contributed by atoms with van der Waals surface area (Å²) in [5.41, 5.74) is 2.61. The van der Waals surface area contributed by atoms with E-state index < -0.39 is 0 Å². The number of carbonyl (C=O) groups excluding carboxylic acids is 1. The molecule has 5 heteroatoms. The molecule has 0 radical (unpaired) electrons. The lowest BCUT2D eigenvalue weighted by Gasteiger charge is -2.16. The van der Waals surface area contributed by atoms with Crippen LogP contribution in [0.25, 0.3) is 0 Å². The number of nitrogens with one attached hydrogen (secondary N) is 1. The maximum atomic E-state index is 11.4. The number of carbonyl (C=O) groups is 1. The summed E-state index contributed by atoms with van der Waals surface area (Å²) in [6, 6.07) is 7.03. The quantitative estimate of drug-likeness (QED) is 0.438. The first-order valence-electron chi connectivity index (χ1n) is 6.61. The van der Waals surface area contributed by atoms with Crippen molar-refractivity contribution in [1.29, 1.82) is 0 Å². The Morgan fingerprint density at radius 3 is 3.00 bits per heavy atom. The lowest BCUT2D eigenvalue weighted by atomic mass is 10.2. The van der Waals surface area contributed by atoms with Crippen LogP contribution in [-0.4, -0.2) is 37.6 Å². The monoisotopic (exact) mass is 263 g/mol. The van der Waals surface area contributed by atoms with Crippen molar-refractivity contribution >= 4 is 5.91 Å². The van der Waals surface area contributed by atoms with E-state index >= 15 is 0 Å². The average molecular weight is 263 g/mol. The van der Waals surface area contributed by atoms with Gasteiger partial charge in [-0.2, -0.15) is 0 Å². The first-order valence-corrected chi connectivity index (χ1v) is 6.61. The third-order valence-corrected chi connectivity index (χ3v) is 3.24. The summed E-state index contributed by atoms with van der Waals surface area (Å²) in [4.78, 5) is 13.7. The molecule has 1 aliphatic rings. The molecule has 0 unspecified atom stereocenters. The number of nitrogens with zero attached hydrogens (tertiary/aromatic N) is 1. The zero-order valence-electron chi connectivity index (χ0n) is 11.3.